The third kappa shape index (κ3) is 3.30. The molecule has 0 bridgehead atoms. The van der Waals surface area contributed by atoms with E-state index in [1.807, 2.05) is 0 Å². The lowest BCUT2D eigenvalue weighted by Crippen LogP contribution is -2.23. The Morgan fingerprint density at radius 1 is 1.53 bits per heavy atom. The normalized spacial score (nSPS) is 14.1. The summed E-state index contributed by atoms with van der Waals surface area (Å²) in [7, 11) is 1.16. The number of nitrogens with one attached hydrogen (secondary N) is 1. The zero-order valence-corrected chi connectivity index (χ0v) is 9.08. The third-order valence-electron chi connectivity index (χ3n) is 2.22. The second-order valence-electron chi connectivity index (χ2n) is 3.44. The lowest BCUT2D eigenvalue weighted by molar-refractivity contribution is -0.144. The van der Waals surface area contributed by atoms with E-state index in [9.17, 15) is 19.8 Å². The molecule has 2 unspecified atom stereocenters. The smallest absolute Gasteiger partial charge is 0.308 e. The molecule has 1 aromatic rings. The van der Waals surface area contributed by atoms with E-state index in [4.69, 9.17) is 5.11 Å². The van der Waals surface area contributed by atoms with Gasteiger partial charge in [-0.05, 0) is 6.07 Å². The molecule has 0 fully saturated rings. The molecule has 2 atom stereocenters. The average Bonchev–Trinajstić information content (AvgIpc) is 2.31. The molecule has 0 aliphatic rings. The fraction of sp³-hybridized carbons (Fsp3) is 0.400. The summed E-state index contributed by atoms with van der Waals surface area (Å²) in [6.07, 6.45) is -2.03. The van der Waals surface area contributed by atoms with Crippen molar-refractivity contribution in [1.82, 2.24) is 4.98 Å². The molecule has 0 aliphatic heterocycles. The van der Waals surface area contributed by atoms with E-state index in [0.29, 0.717) is 0 Å². The highest BCUT2D eigenvalue weighted by Crippen LogP contribution is 2.19. The monoisotopic (exact) mass is 243 g/mol. The molecule has 7 nitrogen and oxygen atoms in total. The van der Waals surface area contributed by atoms with Gasteiger partial charge < -0.3 is 25.0 Å². The number of esters is 1. The summed E-state index contributed by atoms with van der Waals surface area (Å²) in [5.41, 5.74) is -0.609. The summed E-state index contributed by atoms with van der Waals surface area (Å²) in [4.78, 5) is 23.9. The van der Waals surface area contributed by atoms with Crippen LogP contribution >= 0.6 is 0 Å². The minimum absolute atomic E-state index is 0.0958. The van der Waals surface area contributed by atoms with Gasteiger partial charge >= 0.3 is 5.97 Å². The molecule has 0 saturated heterocycles. The van der Waals surface area contributed by atoms with Gasteiger partial charge in [0.25, 0.3) is 5.56 Å². The molecule has 0 saturated carbocycles. The molecule has 17 heavy (non-hydrogen) atoms. The minimum atomic E-state index is -1.41. The Bertz CT molecular complexity index is 454. The lowest BCUT2D eigenvalue weighted by Gasteiger charge is -2.16. The standard InChI is InChI=1S/C10H13NO6/c1-17-8(14)3-6(12)9(15)5-2-7(13)10(16)11-4-5/h2,4,6,9,12-13,15H,3H2,1H3,(H,11,16). The first-order valence-corrected chi connectivity index (χ1v) is 4.80. The number of aromatic amines is 1. The average molecular weight is 243 g/mol. The minimum Gasteiger partial charge on any atom is -0.503 e. The van der Waals surface area contributed by atoms with Crippen LogP contribution in [0, 0.1) is 0 Å². The van der Waals surface area contributed by atoms with Crippen LogP contribution in [0.15, 0.2) is 17.1 Å². The van der Waals surface area contributed by atoms with E-state index in [0.717, 1.165) is 19.4 Å². The van der Waals surface area contributed by atoms with Crippen LogP contribution in [-0.2, 0) is 9.53 Å². The number of H-pyrrole nitrogens is 1. The Kier molecular flexibility index (Phi) is 4.24. The predicted molar refractivity (Wildman–Crippen MR) is 56.3 cm³/mol. The van der Waals surface area contributed by atoms with Crippen LogP contribution in [0.25, 0.3) is 0 Å². The summed E-state index contributed by atoms with van der Waals surface area (Å²) in [5, 5.41) is 28.3. The molecule has 0 spiro atoms. The van der Waals surface area contributed by atoms with Crippen molar-refractivity contribution in [3.63, 3.8) is 0 Å². The van der Waals surface area contributed by atoms with Crippen LogP contribution in [0.5, 0.6) is 5.75 Å². The van der Waals surface area contributed by atoms with Gasteiger partial charge in [0.15, 0.2) is 5.75 Å². The van der Waals surface area contributed by atoms with E-state index >= 15 is 0 Å². The second-order valence-corrected chi connectivity index (χ2v) is 3.44. The van der Waals surface area contributed by atoms with Gasteiger partial charge in [-0.2, -0.15) is 0 Å². The van der Waals surface area contributed by atoms with Crippen molar-refractivity contribution in [3.05, 3.63) is 28.2 Å². The van der Waals surface area contributed by atoms with Gasteiger partial charge in [0.1, 0.15) is 6.10 Å². The van der Waals surface area contributed by atoms with E-state index in [-0.39, 0.29) is 5.56 Å². The highest BCUT2D eigenvalue weighted by molar-refractivity contribution is 5.69. The molecule has 4 N–H and O–H groups in total. The van der Waals surface area contributed by atoms with Gasteiger partial charge in [0.2, 0.25) is 0 Å². The number of aliphatic hydroxyl groups excluding tert-OH is 2. The number of rotatable bonds is 4. The van der Waals surface area contributed by atoms with Crippen molar-refractivity contribution < 1.29 is 24.9 Å². The van der Waals surface area contributed by atoms with Crippen LogP contribution in [0.3, 0.4) is 0 Å². The van der Waals surface area contributed by atoms with Crippen LogP contribution in [0.1, 0.15) is 18.1 Å². The molecule has 0 aromatic carbocycles. The van der Waals surface area contributed by atoms with Crippen molar-refractivity contribution in [2.24, 2.45) is 0 Å². The maximum atomic E-state index is 10.9. The van der Waals surface area contributed by atoms with Gasteiger partial charge in [-0.15, -0.1) is 0 Å². The molecular formula is C10H13NO6. The Hall–Kier alpha value is -1.86. The lowest BCUT2D eigenvalue weighted by atomic mass is 10.0. The summed E-state index contributed by atoms with van der Waals surface area (Å²) >= 11 is 0. The largest absolute Gasteiger partial charge is 0.503 e. The maximum absolute atomic E-state index is 10.9. The molecule has 1 heterocycles. The molecule has 1 rings (SSSR count). The molecule has 0 aliphatic carbocycles. The Labute approximate surface area is 96.3 Å². The first kappa shape index (κ1) is 13.2. The van der Waals surface area contributed by atoms with E-state index in [1.165, 1.54) is 0 Å². The summed E-state index contributed by atoms with van der Waals surface area (Å²) < 4.78 is 4.33. The maximum Gasteiger partial charge on any atom is 0.308 e. The summed E-state index contributed by atoms with van der Waals surface area (Å²) in [6.45, 7) is 0. The Morgan fingerprint density at radius 3 is 2.71 bits per heavy atom. The molecule has 0 radical (unpaired) electrons. The van der Waals surface area contributed by atoms with Crippen molar-refractivity contribution in [1.29, 1.82) is 0 Å². The molecule has 1 aromatic heterocycles. The van der Waals surface area contributed by atoms with E-state index in [1.54, 1.807) is 0 Å². The van der Waals surface area contributed by atoms with Crippen molar-refractivity contribution in [2.45, 2.75) is 18.6 Å². The first-order valence-electron chi connectivity index (χ1n) is 4.80. The van der Waals surface area contributed by atoms with Gasteiger partial charge in [0.05, 0.1) is 19.6 Å². The fourth-order valence-electron chi connectivity index (χ4n) is 1.25. The highest BCUT2D eigenvalue weighted by Gasteiger charge is 2.22. The Morgan fingerprint density at radius 2 is 2.18 bits per heavy atom. The summed E-state index contributed by atoms with van der Waals surface area (Å²) in [6, 6.07) is 1.02. The number of hydrogen-bond donors (Lipinski definition) is 4. The first-order chi connectivity index (χ1) is 7.95. The zero-order valence-electron chi connectivity index (χ0n) is 9.08. The number of ether oxygens (including phenoxy) is 1. The van der Waals surface area contributed by atoms with Crippen molar-refractivity contribution >= 4 is 5.97 Å². The molecular weight excluding hydrogens is 230 g/mol. The zero-order chi connectivity index (χ0) is 13.0. The SMILES string of the molecule is COC(=O)CC(O)C(O)c1c[nH]c(=O)c(O)c1. The van der Waals surface area contributed by atoms with E-state index in [2.05, 4.69) is 9.72 Å². The number of pyridine rings is 1. The molecule has 94 valence electrons. The van der Waals surface area contributed by atoms with Gasteiger partial charge in [0, 0.05) is 11.8 Å². The quantitative estimate of drug-likeness (QED) is 0.505. The topological polar surface area (TPSA) is 120 Å². The highest BCUT2D eigenvalue weighted by atomic mass is 16.5. The number of aromatic hydroxyl groups is 1. The fourth-order valence-corrected chi connectivity index (χ4v) is 1.25. The number of carbonyl (C=O) groups is 1. The summed E-state index contributed by atoms with van der Waals surface area (Å²) in [5.74, 6) is -1.25. The van der Waals surface area contributed by atoms with Gasteiger partial charge in [-0.25, -0.2) is 0 Å². The number of aromatic nitrogens is 1. The predicted octanol–water partition coefficient (Wildman–Crippen LogP) is -0.962. The molecule has 0 amide bonds. The third-order valence-corrected chi connectivity index (χ3v) is 2.22. The van der Waals surface area contributed by atoms with Crippen LogP contribution in [0.4, 0.5) is 0 Å². The number of carbonyl (C=O) groups excluding carboxylic acids is 1. The van der Waals surface area contributed by atoms with E-state index < -0.39 is 35.9 Å². The number of aliphatic hydroxyl groups is 2. The van der Waals surface area contributed by atoms with Gasteiger partial charge in [-0.1, -0.05) is 0 Å². The Balaban J connectivity index is 2.81. The van der Waals surface area contributed by atoms with Crippen molar-refractivity contribution in [2.75, 3.05) is 7.11 Å². The number of methoxy groups -OCH3 is 1. The van der Waals surface area contributed by atoms with Crippen LogP contribution in [-0.4, -0.2) is 39.5 Å². The second kappa shape index (κ2) is 5.46. The van der Waals surface area contributed by atoms with Crippen molar-refractivity contribution in [3.8, 4) is 5.75 Å². The van der Waals surface area contributed by atoms with Gasteiger partial charge in [-0.3, -0.25) is 9.59 Å². The molecule has 7 heteroatoms. The number of hydrogen-bond acceptors (Lipinski definition) is 6. The van der Waals surface area contributed by atoms with Crippen LogP contribution < -0.4 is 5.56 Å². The van der Waals surface area contributed by atoms with Crippen LogP contribution in [0.2, 0.25) is 0 Å².